The molecule has 2 N–H and O–H groups in total. The lowest BCUT2D eigenvalue weighted by molar-refractivity contribution is -0.118. The van der Waals surface area contributed by atoms with Crippen LogP contribution < -0.4 is 5.73 Å². The van der Waals surface area contributed by atoms with Crippen LogP contribution in [0.2, 0.25) is 0 Å². The predicted octanol–water partition coefficient (Wildman–Crippen LogP) is 1.12. The van der Waals surface area contributed by atoms with Crippen molar-refractivity contribution in [3.05, 3.63) is 0 Å². The Morgan fingerprint density at radius 1 is 1.38 bits per heavy atom. The van der Waals surface area contributed by atoms with E-state index in [1.807, 2.05) is 0 Å². The van der Waals surface area contributed by atoms with Gasteiger partial charge in [0.1, 0.15) is 0 Å². The van der Waals surface area contributed by atoms with Gasteiger partial charge in [-0.15, -0.1) is 0 Å². The molecule has 0 aliphatic carbocycles. The van der Waals surface area contributed by atoms with E-state index in [1.54, 1.807) is 0 Å². The van der Waals surface area contributed by atoms with E-state index in [4.69, 9.17) is 5.73 Å². The normalized spacial score (nSPS) is 30.3. The second-order valence-corrected chi connectivity index (χ2v) is 4.08. The Morgan fingerprint density at radius 3 is 2.38 bits per heavy atom. The molecule has 1 aliphatic heterocycles. The lowest BCUT2D eigenvalue weighted by Gasteiger charge is -2.38. The predicted molar refractivity (Wildman–Crippen MR) is 53.3 cm³/mol. The minimum atomic E-state index is -0.190. The van der Waals surface area contributed by atoms with Crippen molar-refractivity contribution >= 4 is 5.91 Å². The number of hydrogen-bond acceptors (Lipinski definition) is 2. The van der Waals surface area contributed by atoms with Crippen LogP contribution in [0.4, 0.5) is 0 Å². The fourth-order valence-electron chi connectivity index (χ4n) is 2.15. The third-order valence-corrected chi connectivity index (χ3v) is 2.99. The van der Waals surface area contributed by atoms with Crippen LogP contribution in [0.1, 0.15) is 39.5 Å². The van der Waals surface area contributed by atoms with Gasteiger partial charge in [-0.3, -0.25) is 9.69 Å². The highest BCUT2D eigenvalue weighted by molar-refractivity contribution is 5.73. The molecule has 0 aromatic heterocycles. The number of hydrogen-bond donors (Lipinski definition) is 1. The van der Waals surface area contributed by atoms with E-state index in [0.717, 1.165) is 6.54 Å². The van der Waals surface area contributed by atoms with Crippen molar-refractivity contribution in [3.63, 3.8) is 0 Å². The molecule has 1 heterocycles. The summed E-state index contributed by atoms with van der Waals surface area (Å²) < 4.78 is 0. The monoisotopic (exact) mass is 184 g/mol. The number of primary amides is 1. The largest absolute Gasteiger partial charge is 0.370 e. The number of nitrogens with two attached hydrogens (primary N) is 1. The van der Waals surface area contributed by atoms with Crippen molar-refractivity contribution in [1.29, 1.82) is 0 Å². The number of carbonyl (C=O) groups excluding carboxylic acids is 1. The Morgan fingerprint density at radius 2 is 1.92 bits per heavy atom. The number of nitrogens with zero attached hydrogens (tertiary/aromatic N) is 1. The first-order valence-corrected chi connectivity index (χ1v) is 5.15. The van der Waals surface area contributed by atoms with E-state index in [2.05, 4.69) is 18.7 Å². The Labute approximate surface area is 80.3 Å². The SMILES string of the molecule is CC1CCCC(C)N1CCC(N)=O. The fourth-order valence-corrected chi connectivity index (χ4v) is 2.15. The lowest BCUT2D eigenvalue weighted by atomic mass is 9.97. The molecule has 76 valence electrons. The molecule has 0 radical (unpaired) electrons. The second kappa shape index (κ2) is 4.61. The van der Waals surface area contributed by atoms with Crippen LogP contribution in [0.3, 0.4) is 0 Å². The molecule has 2 unspecified atom stereocenters. The molecule has 13 heavy (non-hydrogen) atoms. The number of amides is 1. The summed E-state index contributed by atoms with van der Waals surface area (Å²) in [6.45, 7) is 5.30. The zero-order valence-corrected chi connectivity index (χ0v) is 8.62. The van der Waals surface area contributed by atoms with Gasteiger partial charge in [0.05, 0.1) is 0 Å². The first-order chi connectivity index (χ1) is 6.11. The molecule has 2 atom stereocenters. The molecule has 0 saturated carbocycles. The van der Waals surface area contributed by atoms with Gasteiger partial charge >= 0.3 is 0 Å². The topological polar surface area (TPSA) is 46.3 Å². The molecule has 3 nitrogen and oxygen atoms in total. The third kappa shape index (κ3) is 2.99. The molecule has 0 bridgehead atoms. The fraction of sp³-hybridized carbons (Fsp3) is 0.900. The molecule has 0 aromatic rings. The Balaban J connectivity index is 2.39. The van der Waals surface area contributed by atoms with E-state index in [1.165, 1.54) is 19.3 Å². The van der Waals surface area contributed by atoms with E-state index in [0.29, 0.717) is 18.5 Å². The van der Waals surface area contributed by atoms with E-state index >= 15 is 0 Å². The van der Waals surface area contributed by atoms with Crippen LogP contribution in [-0.2, 0) is 4.79 Å². The van der Waals surface area contributed by atoms with Crippen LogP contribution in [-0.4, -0.2) is 29.4 Å². The van der Waals surface area contributed by atoms with Crippen LogP contribution in [0.25, 0.3) is 0 Å². The van der Waals surface area contributed by atoms with Gasteiger partial charge < -0.3 is 5.73 Å². The molecule has 0 aromatic carbocycles. The summed E-state index contributed by atoms with van der Waals surface area (Å²) in [5.74, 6) is -0.190. The first kappa shape index (κ1) is 10.5. The molecule has 1 fully saturated rings. The number of carbonyl (C=O) groups is 1. The summed E-state index contributed by atoms with van der Waals surface area (Å²) >= 11 is 0. The molecular weight excluding hydrogens is 164 g/mol. The van der Waals surface area contributed by atoms with Crippen LogP contribution in [0.5, 0.6) is 0 Å². The van der Waals surface area contributed by atoms with E-state index in [9.17, 15) is 4.79 Å². The van der Waals surface area contributed by atoms with Crippen LogP contribution in [0, 0.1) is 0 Å². The smallest absolute Gasteiger partial charge is 0.218 e. The Bertz CT molecular complexity index is 172. The summed E-state index contributed by atoms with van der Waals surface area (Å²) in [5, 5.41) is 0. The third-order valence-electron chi connectivity index (χ3n) is 2.99. The van der Waals surface area contributed by atoms with Gasteiger partial charge in [0, 0.05) is 25.0 Å². The van der Waals surface area contributed by atoms with Crippen LogP contribution >= 0.6 is 0 Å². The average molecular weight is 184 g/mol. The molecular formula is C10H20N2O. The first-order valence-electron chi connectivity index (χ1n) is 5.15. The van der Waals surface area contributed by atoms with Gasteiger partial charge in [-0.2, -0.15) is 0 Å². The van der Waals surface area contributed by atoms with Gasteiger partial charge in [-0.05, 0) is 26.7 Å². The summed E-state index contributed by atoms with van der Waals surface area (Å²) in [4.78, 5) is 13.0. The summed E-state index contributed by atoms with van der Waals surface area (Å²) in [6.07, 6.45) is 4.32. The summed E-state index contributed by atoms with van der Waals surface area (Å²) in [6, 6.07) is 1.23. The molecule has 0 spiro atoms. The highest BCUT2D eigenvalue weighted by Gasteiger charge is 2.24. The molecule has 1 saturated heterocycles. The average Bonchev–Trinajstić information content (AvgIpc) is 2.03. The zero-order valence-electron chi connectivity index (χ0n) is 8.62. The van der Waals surface area contributed by atoms with Crippen molar-refractivity contribution in [2.75, 3.05) is 6.54 Å². The van der Waals surface area contributed by atoms with Gasteiger partial charge in [-0.1, -0.05) is 6.42 Å². The maximum absolute atomic E-state index is 10.7. The molecule has 1 rings (SSSR count). The second-order valence-electron chi connectivity index (χ2n) is 4.08. The number of rotatable bonds is 3. The standard InChI is InChI=1S/C10H20N2O/c1-8-4-3-5-9(2)12(8)7-6-10(11)13/h8-9H,3-7H2,1-2H3,(H2,11,13). The van der Waals surface area contributed by atoms with Crippen molar-refractivity contribution in [2.45, 2.75) is 51.6 Å². The Kier molecular flexibility index (Phi) is 3.72. The highest BCUT2D eigenvalue weighted by atomic mass is 16.1. The van der Waals surface area contributed by atoms with E-state index in [-0.39, 0.29) is 5.91 Å². The van der Waals surface area contributed by atoms with Gasteiger partial charge in [-0.25, -0.2) is 0 Å². The van der Waals surface area contributed by atoms with Gasteiger partial charge in [0.15, 0.2) is 0 Å². The Hall–Kier alpha value is -0.570. The lowest BCUT2D eigenvalue weighted by Crippen LogP contribution is -2.44. The molecule has 3 heteroatoms. The van der Waals surface area contributed by atoms with Crippen LogP contribution in [0.15, 0.2) is 0 Å². The maximum atomic E-state index is 10.7. The van der Waals surface area contributed by atoms with Crippen molar-refractivity contribution in [3.8, 4) is 0 Å². The van der Waals surface area contributed by atoms with Crippen molar-refractivity contribution in [2.24, 2.45) is 5.73 Å². The highest BCUT2D eigenvalue weighted by Crippen LogP contribution is 2.22. The van der Waals surface area contributed by atoms with E-state index < -0.39 is 0 Å². The van der Waals surface area contributed by atoms with Gasteiger partial charge in [0.2, 0.25) is 5.91 Å². The maximum Gasteiger partial charge on any atom is 0.218 e. The quantitative estimate of drug-likeness (QED) is 0.714. The number of likely N-dealkylation sites (tertiary alicyclic amines) is 1. The van der Waals surface area contributed by atoms with Gasteiger partial charge in [0.25, 0.3) is 0 Å². The van der Waals surface area contributed by atoms with Crippen molar-refractivity contribution in [1.82, 2.24) is 4.90 Å². The number of piperidine rings is 1. The minimum Gasteiger partial charge on any atom is -0.370 e. The summed E-state index contributed by atoms with van der Waals surface area (Å²) in [7, 11) is 0. The zero-order chi connectivity index (χ0) is 9.84. The van der Waals surface area contributed by atoms with Crippen molar-refractivity contribution < 1.29 is 4.79 Å². The molecule has 1 aliphatic rings. The summed E-state index contributed by atoms with van der Waals surface area (Å²) in [5.41, 5.74) is 5.13. The minimum absolute atomic E-state index is 0.190. The molecule has 1 amide bonds.